The monoisotopic (exact) mass is 290 g/mol. The molecule has 3 rings (SSSR count). The number of rotatable bonds is 3. The summed E-state index contributed by atoms with van der Waals surface area (Å²) < 4.78 is 13.1. The maximum atomic E-state index is 13.1. The molecular formula is C15H12ClFN2O. The van der Waals surface area contributed by atoms with E-state index in [2.05, 4.69) is 10.6 Å². The Morgan fingerprint density at radius 1 is 1.30 bits per heavy atom. The molecule has 3 nitrogen and oxygen atoms in total. The third-order valence-electron chi connectivity index (χ3n) is 3.19. The van der Waals surface area contributed by atoms with Crippen LogP contribution in [0.1, 0.15) is 11.1 Å². The molecule has 1 amide bonds. The van der Waals surface area contributed by atoms with Crippen LogP contribution in [0.4, 0.5) is 15.8 Å². The summed E-state index contributed by atoms with van der Waals surface area (Å²) in [6.45, 7) is 0.470. The Bertz CT molecular complexity index is 688. The van der Waals surface area contributed by atoms with E-state index in [-0.39, 0.29) is 11.7 Å². The van der Waals surface area contributed by atoms with Crippen LogP contribution in [0.3, 0.4) is 0 Å². The van der Waals surface area contributed by atoms with Crippen molar-refractivity contribution in [2.45, 2.75) is 13.0 Å². The molecule has 1 heterocycles. The van der Waals surface area contributed by atoms with Crippen molar-refractivity contribution in [3.05, 3.63) is 58.4 Å². The van der Waals surface area contributed by atoms with Crippen molar-refractivity contribution in [1.82, 2.24) is 0 Å². The highest BCUT2D eigenvalue weighted by molar-refractivity contribution is 6.33. The molecule has 1 aliphatic heterocycles. The van der Waals surface area contributed by atoms with E-state index in [1.807, 2.05) is 12.1 Å². The van der Waals surface area contributed by atoms with Crippen LogP contribution in [0.2, 0.25) is 5.02 Å². The second-order valence-electron chi connectivity index (χ2n) is 4.70. The van der Waals surface area contributed by atoms with Gasteiger partial charge in [-0.3, -0.25) is 4.79 Å². The SMILES string of the molecule is O=C1Cc2cc(NCc3cccc(F)c3)c(Cl)cc2N1. The third kappa shape index (κ3) is 2.60. The van der Waals surface area contributed by atoms with Gasteiger partial charge >= 0.3 is 0 Å². The summed E-state index contributed by atoms with van der Waals surface area (Å²) in [5.41, 5.74) is 3.25. The Morgan fingerprint density at radius 2 is 2.15 bits per heavy atom. The summed E-state index contributed by atoms with van der Waals surface area (Å²) >= 11 is 6.17. The average molecular weight is 291 g/mol. The van der Waals surface area contributed by atoms with Crippen molar-refractivity contribution in [1.29, 1.82) is 0 Å². The molecule has 102 valence electrons. The second kappa shape index (κ2) is 5.13. The molecule has 0 atom stereocenters. The van der Waals surface area contributed by atoms with Gasteiger partial charge in [-0.05, 0) is 35.4 Å². The molecule has 0 spiro atoms. The van der Waals surface area contributed by atoms with Gasteiger partial charge in [-0.2, -0.15) is 0 Å². The zero-order valence-electron chi connectivity index (χ0n) is 10.5. The quantitative estimate of drug-likeness (QED) is 0.907. The minimum Gasteiger partial charge on any atom is -0.380 e. The normalized spacial score (nSPS) is 13.0. The maximum absolute atomic E-state index is 13.1. The minimum atomic E-state index is -0.265. The maximum Gasteiger partial charge on any atom is 0.228 e. The molecule has 2 N–H and O–H groups in total. The van der Waals surface area contributed by atoms with Gasteiger partial charge in [0.1, 0.15) is 5.82 Å². The molecule has 2 aromatic rings. The number of anilines is 2. The molecule has 2 aromatic carbocycles. The lowest BCUT2D eigenvalue weighted by atomic mass is 10.1. The average Bonchev–Trinajstić information content (AvgIpc) is 2.75. The molecule has 1 aliphatic rings. The van der Waals surface area contributed by atoms with Crippen LogP contribution in [0, 0.1) is 5.82 Å². The predicted molar refractivity (Wildman–Crippen MR) is 77.5 cm³/mol. The number of hydrogen-bond donors (Lipinski definition) is 2. The van der Waals surface area contributed by atoms with Crippen LogP contribution >= 0.6 is 11.6 Å². The van der Waals surface area contributed by atoms with Gasteiger partial charge in [0.2, 0.25) is 5.91 Å². The largest absolute Gasteiger partial charge is 0.380 e. The molecule has 5 heteroatoms. The number of hydrogen-bond acceptors (Lipinski definition) is 2. The Morgan fingerprint density at radius 3 is 2.95 bits per heavy atom. The summed E-state index contributed by atoms with van der Waals surface area (Å²) in [6.07, 6.45) is 0.362. The molecule has 0 saturated carbocycles. The van der Waals surface area contributed by atoms with Crippen LogP contribution in [-0.4, -0.2) is 5.91 Å². The summed E-state index contributed by atoms with van der Waals surface area (Å²) in [6, 6.07) is 9.97. The van der Waals surface area contributed by atoms with Crippen molar-refractivity contribution >= 4 is 28.9 Å². The minimum absolute atomic E-state index is 0.0293. The molecule has 0 radical (unpaired) electrons. The van der Waals surface area contributed by atoms with Crippen molar-refractivity contribution in [3.63, 3.8) is 0 Å². The summed E-state index contributed by atoms with van der Waals surface area (Å²) in [5, 5.41) is 6.44. The number of carbonyl (C=O) groups is 1. The molecular weight excluding hydrogens is 279 g/mol. The van der Waals surface area contributed by atoms with Crippen molar-refractivity contribution < 1.29 is 9.18 Å². The zero-order valence-corrected chi connectivity index (χ0v) is 11.3. The van der Waals surface area contributed by atoms with Gasteiger partial charge in [0.05, 0.1) is 17.1 Å². The van der Waals surface area contributed by atoms with E-state index in [1.165, 1.54) is 12.1 Å². The van der Waals surface area contributed by atoms with E-state index in [0.29, 0.717) is 18.0 Å². The first kappa shape index (κ1) is 12.9. The van der Waals surface area contributed by atoms with E-state index in [1.54, 1.807) is 12.1 Å². The fourth-order valence-electron chi connectivity index (χ4n) is 2.23. The Labute approximate surface area is 120 Å². The van der Waals surface area contributed by atoms with Crippen molar-refractivity contribution in [2.24, 2.45) is 0 Å². The summed E-state index contributed by atoms with van der Waals surface area (Å²) in [4.78, 5) is 11.3. The third-order valence-corrected chi connectivity index (χ3v) is 3.50. The van der Waals surface area contributed by atoms with E-state index >= 15 is 0 Å². The number of nitrogens with one attached hydrogen (secondary N) is 2. The lowest BCUT2D eigenvalue weighted by Crippen LogP contribution is -2.03. The number of fused-ring (bicyclic) bond motifs is 1. The smallest absolute Gasteiger partial charge is 0.228 e. The summed E-state index contributed by atoms with van der Waals surface area (Å²) in [7, 11) is 0. The molecule has 20 heavy (non-hydrogen) atoms. The van der Waals surface area contributed by atoms with E-state index in [9.17, 15) is 9.18 Å². The standard InChI is InChI=1S/C15H12ClFN2O/c16-12-7-13-10(6-15(20)19-13)5-14(12)18-8-9-2-1-3-11(17)4-9/h1-5,7,18H,6,8H2,(H,19,20). The molecule has 0 bridgehead atoms. The van der Waals surface area contributed by atoms with Crippen molar-refractivity contribution in [3.8, 4) is 0 Å². The Hall–Kier alpha value is -2.07. The molecule has 0 fully saturated rings. The highest BCUT2D eigenvalue weighted by Crippen LogP contribution is 2.33. The van der Waals surface area contributed by atoms with Gasteiger partial charge in [0, 0.05) is 12.2 Å². The van der Waals surface area contributed by atoms with Crippen LogP contribution in [0.25, 0.3) is 0 Å². The number of amides is 1. The second-order valence-corrected chi connectivity index (χ2v) is 5.10. The van der Waals surface area contributed by atoms with Crippen LogP contribution in [-0.2, 0) is 17.8 Å². The van der Waals surface area contributed by atoms with Gasteiger partial charge in [0.25, 0.3) is 0 Å². The number of benzene rings is 2. The first-order valence-corrected chi connectivity index (χ1v) is 6.60. The molecule has 0 unspecified atom stereocenters. The van der Waals surface area contributed by atoms with Gasteiger partial charge in [-0.25, -0.2) is 4.39 Å². The predicted octanol–water partition coefficient (Wildman–Crippen LogP) is 3.59. The molecule has 0 saturated heterocycles. The van der Waals surface area contributed by atoms with Crippen LogP contribution < -0.4 is 10.6 Å². The van der Waals surface area contributed by atoms with Gasteiger partial charge in [0.15, 0.2) is 0 Å². The van der Waals surface area contributed by atoms with E-state index in [0.717, 1.165) is 22.5 Å². The van der Waals surface area contributed by atoms with E-state index in [4.69, 9.17) is 11.6 Å². The topological polar surface area (TPSA) is 41.1 Å². The zero-order chi connectivity index (χ0) is 14.1. The fourth-order valence-corrected chi connectivity index (χ4v) is 2.46. The molecule has 0 aliphatic carbocycles. The van der Waals surface area contributed by atoms with Gasteiger partial charge in [-0.15, -0.1) is 0 Å². The lowest BCUT2D eigenvalue weighted by molar-refractivity contribution is -0.115. The van der Waals surface area contributed by atoms with Crippen molar-refractivity contribution in [2.75, 3.05) is 10.6 Å². The Kier molecular flexibility index (Phi) is 3.32. The summed E-state index contributed by atoms with van der Waals surface area (Å²) in [5.74, 6) is -0.294. The highest BCUT2D eigenvalue weighted by Gasteiger charge is 2.19. The first-order valence-electron chi connectivity index (χ1n) is 6.22. The fraction of sp³-hybridized carbons (Fsp3) is 0.133. The van der Waals surface area contributed by atoms with E-state index < -0.39 is 0 Å². The van der Waals surface area contributed by atoms with Crippen LogP contribution in [0.5, 0.6) is 0 Å². The van der Waals surface area contributed by atoms with Gasteiger partial charge in [-0.1, -0.05) is 23.7 Å². The van der Waals surface area contributed by atoms with Crippen LogP contribution in [0.15, 0.2) is 36.4 Å². The first-order chi connectivity index (χ1) is 9.61. The number of halogens is 2. The molecule has 0 aromatic heterocycles. The highest BCUT2D eigenvalue weighted by atomic mass is 35.5. The number of carbonyl (C=O) groups excluding carboxylic acids is 1. The lowest BCUT2D eigenvalue weighted by Gasteiger charge is -2.10. The Balaban J connectivity index is 1.78. The van der Waals surface area contributed by atoms with Gasteiger partial charge < -0.3 is 10.6 Å².